The van der Waals surface area contributed by atoms with E-state index < -0.39 is 0 Å². The lowest BCUT2D eigenvalue weighted by atomic mass is 10.2. The Morgan fingerprint density at radius 3 is 2.71 bits per heavy atom. The SMILES string of the molecule is CN(Cc1cccc(F)c1)c1cccc(Cl)n1. The fourth-order valence-electron chi connectivity index (χ4n) is 1.60. The third-order valence-electron chi connectivity index (χ3n) is 2.40. The van der Waals surface area contributed by atoms with Crippen molar-refractivity contribution in [3.05, 3.63) is 59.0 Å². The smallest absolute Gasteiger partial charge is 0.131 e. The molecule has 0 aliphatic heterocycles. The summed E-state index contributed by atoms with van der Waals surface area (Å²) in [6.07, 6.45) is 0. The van der Waals surface area contributed by atoms with Crippen molar-refractivity contribution in [1.29, 1.82) is 0 Å². The molecule has 0 amide bonds. The van der Waals surface area contributed by atoms with Gasteiger partial charge in [0.1, 0.15) is 16.8 Å². The molecule has 1 aromatic heterocycles. The van der Waals surface area contributed by atoms with Crippen molar-refractivity contribution in [2.75, 3.05) is 11.9 Å². The topological polar surface area (TPSA) is 16.1 Å². The van der Waals surface area contributed by atoms with Gasteiger partial charge in [0.2, 0.25) is 0 Å². The number of hydrogen-bond acceptors (Lipinski definition) is 2. The zero-order chi connectivity index (χ0) is 12.3. The lowest BCUT2D eigenvalue weighted by molar-refractivity contribution is 0.625. The Bertz CT molecular complexity index is 516. The van der Waals surface area contributed by atoms with Gasteiger partial charge >= 0.3 is 0 Å². The minimum absolute atomic E-state index is 0.227. The molecule has 0 fully saturated rings. The molecule has 2 rings (SSSR count). The van der Waals surface area contributed by atoms with E-state index in [4.69, 9.17) is 11.6 Å². The fraction of sp³-hybridized carbons (Fsp3) is 0.154. The van der Waals surface area contributed by atoms with Crippen LogP contribution >= 0.6 is 11.6 Å². The van der Waals surface area contributed by atoms with E-state index in [1.165, 1.54) is 12.1 Å². The van der Waals surface area contributed by atoms with E-state index in [9.17, 15) is 4.39 Å². The quantitative estimate of drug-likeness (QED) is 0.775. The molecule has 0 saturated heterocycles. The molecule has 0 spiro atoms. The predicted molar refractivity (Wildman–Crippen MR) is 67.8 cm³/mol. The molecule has 0 bridgehead atoms. The molecule has 4 heteroatoms. The van der Waals surface area contributed by atoms with Gasteiger partial charge in [-0.2, -0.15) is 0 Å². The van der Waals surface area contributed by atoms with E-state index in [0.717, 1.165) is 11.4 Å². The van der Waals surface area contributed by atoms with Gasteiger partial charge in [-0.05, 0) is 29.8 Å². The minimum Gasteiger partial charge on any atom is -0.355 e. The van der Waals surface area contributed by atoms with E-state index in [1.54, 1.807) is 12.1 Å². The molecule has 2 nitrogen and oxygen atoms in total. The summed E-state index contributed by atoms with van der Waals surface area (Å²) in [4.78, 5) is 6.11. The summed E-state index contributed by atoms with van der Waals surface area (Å²) < 4.78 is 13.0. The molecule has 1 heterocycles. The first-order valence-electron chi connectivity index (χ1n) is 5.23. The maximum Gasteiger partial charge on any atom is 0.131 e. The standard InChI is InChI=1S/C13H12ClFN2/c1-17(13-7-3-6-12(14)16-13)9-10-4-2-5-11(15)8-10/h2-8H,9H2,1H3. The van der Waals surface area contributed by atoms with Crippen molar-refractivity contribution in [3.8, 4) is 0 Å². The molecule has 0 unspecified atom stereocenters. The maximum atomic E-state index is 13.0. The van der Waals surface area contributed by atoms with Gasteiger partial charge in [0.15, 0.2) is 0 Å². The summed E-state index contributed by atoms with van der Waals surface area (Å²) in [5, 5.41) is 0.452. The second kappa shape index (κ2) is 5.15. The van der Waals surface area contributed by atoms with Crippen molar-refractivity contribution in [3.63, 3.8) is 0 Å². The van der Waals surface area contributed by atoms with E-state index in [1.807, 2.05) is 30.1 Å². The van der Waals surface area contributed by atoms with Crippen molar-refractivity contribution in [2.24, 2.45) is 0 Å². The molecule has 0 aliphatic carbocycles. The van der Waals surface area contributed by atoms with Crippen LogP contribution in [0.15, 0.2) is 42.5 Å². The molecule has 88 valence electrons. The number of hydrogen-bond donors (Lipinski definition) is 0. The van der Waals surface area contributed by atoms with Crippen LogP contribution in [0.1, 0.15) is 5.56 Å². The molecule has 1 aromatic carbocycles. The van der Waals surface area contributed by atoms with Gasteiger partial charge in [-0.25, -0.2) is 9.37 Å². The van der Waals surface area contributed by atoms with E-state index in [0.29, 0.717) is 11.7 Å². The van der Waals surface area contributed by atoms with Crippen LogP contribution in [0, 0.1) is 5.82 Å². The number of pyridine rings is 1. The van der Waals surface area contributed by atoms with Crippen LogP contribution in [0.4, 0.5) is 10.2 Å². The highest BCUT2D eigenvalue weighted by molar-refractivity contribution is 6.29. The molecular formula is C13H12ClFN2. The number of nitrogens with zero attached hydrogens (tertiary/aromatic N) is 2. The van der Waals surface area contributed by atoms with Crippen LogP contribution < -0.4 is 4.90 Å². The Hall–Kier alpha value is -1.61. The van der Waals surface area contributed by atoms with Gasteiger partial charge in [-0.15, -0.1) is 0 Å². The summed E-state index contributed by atoms with van der Waals surface area (Å²) in [6.45, 7) is 0.588. The molecule has 0 N–H and O–H groups in total. The van der Waals surface area contributed by atoms with Crippen molar-refractivity contribution in [2.45, 2.75) is 6.54 Å². The molecule has 0 saturated carbocycles. The van der Waals surface area contributed by atoms with E-state index in [2.05, 4.69) is 4.98 Å². The van der Waals surface area contributed by atoms with E-state index in [-0.39, 0.29) is 5.82 Å². The number of rotatable bonds is 3. The average Bonchev–Trinajstić information content (AvgIpc) is 2.29. The van der Waals surface area contributed by atoms with Crippen molar-refractivity contribution < 1.29 is 4.39 Å². The zero-order valence-electron chi connectivity index (χ0n) is 9.40. The van der Waals surface area contributed by atoms with Crippen LogP contribution in [0.3, 0.4) is 0 Å². The molecule has 0 atom stereocenters. The molecular weight excluding hydrogens is 239 g/mol. The summed E-state index contributed by atoms with van der Waals surface area (Å²) >= 11 is 5.82. The monoisotopic (exact) mass is 250 g/mol. The molecule has 2 aromatic rings. The van der Waals surface area contributed by atoms with Gasteiger partial charge in [0, 0.05) is 13.6 Å². The third-order valence-corrected chi connectivity index (χ3v) is 2.61. The van der Waals surface area contributed by atoms with Crippen molar-refractivity contribution >= 4 is 17.4 Å². The highest BCUT2D eigenvalue weighted by Gasteiger charge is 2.04. The van der Waals surface area contributed by atoms with Crippen LogP contribution in [-0.4, -0.2) is 12.0 Å². The van der Waals surface area contributed by atoms with Gasteiger partial charge in [0.25, 0.3) is 0 Å². The lowest BCUT2D eigenvalue weighted by Crippen LogP contribution is -2.17. The second-order valence-corrected chi connectivity index (χ2v) is 4.19. The van der Waals surface area contributed by atoms with Gasteiger partial charge in [0.05, 0.1) is 0 Å². The first-order chi connectivity index (χ1) is 8.15. The number of halogens is 2. The van der Waals surface area contributed by atoms with Gasteiger partial charge < -0.3 is 4.90 Å². The predicted octanol–water partition coefficient (Wildman–Crippen LogP) is 3.51. The first kappa shape index (κ1) is 11.9. The second-order valence-electron chi connectivity index (χ2n) is 3.80. The Balaban J connectivity index is 2.14. The minimum atomic E-state index is -0.227. The summed E-state index contributed by atoms with van der Waals surface area (Å²) in [7, 11) is 1.89. The number of anilines is 1. The number of aromatic nitrogens is 1. The summed E-state index contributed by atoms with van der Waals surface area (Å²) in [6, 6.07) is 12.0. The first-order valence-corrected chi connectivity index (χ1v) is 5.61. The Labute approximate surface area is 105 Å². The molecule has 0 aliphatic rings. The summed E-state index contributed by atoms with van der Waals surface area (Å²) in [5.74, 6) is 0.539. The normalized spacial score (nSPS) is 10.3. The van der Waals surface area contributed by atoms with Crippen LogP contribution in [0.25, 0.3) is 0 Å². The van der Waals surface area contributed by atoms with Crippen LogP contribution in [0.5, 0.6) is 0 Å². The maximum absolute atomic E-state index is 13.0. The Kier molecular flexibility index (Phi) is 3.59. The van der Waals surface area contributed by atoms with Crippen LogP contribution in [0.2, 0.25) is 5.15 Å². The largest absolute Gasteiger partial charge is 0.355 e. The van der Waals surface area contributed by atoms with Crippen LogP contribution in [-0.2, 0) is 6.54 Å². The average molecular weight is 251 g/mol. The number of benzene rings is 1. The lowest BCUT2D eigenvalue weighted by Gasteiger charge is -2.18. The zero-order valence-corrected chi connectivity index (χ0v) is 10.2. The summed E-state index contributed by atoms with van der Waals surface area (Å²) in [5.41, 5.74) is 0.897. The molecule has 17 heavy (non-hydrogen) atoms. The Morgan fingerprint density at radius 1 is 1.24 bits per heavy atom. The highest BCUT2D eigenvalue weighted by Crippen LogP contribution is 2.15. The van der Waals surface area contributed by atoms with Crippen molar-refractivity contribution in [1.82, 2.24) is 4.98 Å². The fourth-order valence-corrected chi connectivity index (χ4v) is 1.76. The third kappa shape index (κ3) is 3.17. The molecule has 0 radical (unpaired) electrons. The van der Waals surface area contributed by atoms with Gasteiger partial charge in [-0.1, -0.05) is 29.8 Å². The van der Waals surface area contributed by atoms with E-state index >= 15 is 0 Å². The van der Waals surface area contributed by atoms with Gasteiger partial charge in [-0.3, -0.25) is 0 Å². The Morgan fingerprint density at radius 2 is 2.00 bits per heavy atom. The highest BCUT2D eigenvalue weighted by atomic mass is 35.5.